The number of rotatable bonds is 7. The molecule has 2 aromatic rings. The first-order valence-corrected chi connectivity index (χ1v) is 9.43. The summed E-state index contributed by atoms with van der Waals surface area (Å²) in [7, 11) is 3.17. The standard InChI is InChI=1S/C22H26N2O4/c1-4-15-5-7-18(8-6-15)24-14-17(11-21(24)25)22(26)23-13-16-9-19(27-2)12-20(10-16)28-3/h5-10,12,17H,4,11,13-14H2,1-3H3,(H,23,26). The zero-order valence-electron chi connectivity index (χ0n) is 16.5. The van der Waals surface area contributed by atoms with Crippen molar-refractivity contribution in [3.63, 3.8) is 0 Å². The third-order valence-corrected chi connectivity index (χ3v) is 5.03. The van der Waals surface area contributed by atoms with Crippen LogP contribution in [0.4, 0.5) is 5.69 Å². The summed E-state index contributed by atoms with van der Waals surface area (Å²) in [6.45, 7) is 2.84. The van der Waals surface area contributed by atoms with Gasteiger partial charge in [0.05, 0.1) is 20.1 Å². The normalized spacial score (nSPS) is 16.2. The van der Waals surface area contributed by atoms with Gasteiger partial charge in [-0.25, -0.2) is 0 Å². The number of hydrogen-bond donors (Lipinski definition) is 1. The number of nitrogens with one attached hydrogen (secondary N) is 1. The lowest BCUT2D eigenvalue weighted by atomic mass is 10.1. The van der Waals surface area contributed by atoms with Gasteiger partial charge in [-0.1, -0.05) is 19.1 Å². The van der Waals surface area contributed by atoms with E-state index in [1.165, 1.54) is 5.56 Å². The van der Waals surface area contributed by atoms with Crippen LogP contribution >= 0.6 is 0 Å². The summed E-state index contributed by atoms with van der Waals surface area (Å²) >= 11 is 0. The molecule has 0 aliphatic carbocycles. The van der Waals surface area contributed by atoms with Crippen LogP contribution in [-0.2, 0) is 22.6 Å². The van der Waals surface area contributed by atoms with Crippen LogP contribution in [0.3, 0.4) is 0 Å². The van der Waals surface area contributed by atoms with Gasteiger partial charge < -0.3 is 19.7 Å². The zero-order valence-corrected chi connectivity index (χ0v) is 16.5. The van der Waals surface area contributed by atoms with Crippen molar-refractivity contribution in [1.29, 1.82) is 0 Å². The highest BCUT2D eigenvalue weighted by molar-refractivity contribution is 6.00. The summed E-state index contributed by atoms with van der Waals surface area (Å²) in [5.41, 5.74) is 2.94. The monoisotopic (exact) mass is 382 g/mol. The fraction of sp³-hybridized carbons (Fsp3) is 0.364. The highest BCUT2D eigenvalue weighted by Crippen LogP contribution is 2.26. The van der Waals surface area contributed by atoms with Gasteiger partial charge in [0.25, 0.3) is 0 Å². The summed E-state index contributed by atoms with van der Waals surface area (Å²) in [5, 5.41) is 2.93. The lowest BCUT2D eigenvalue weighted by Crippen LogP contribution is -2.32. The number of ether oxygens (including phenoxy) is 2. The number of carbonyl (C=O) groups is 2. The van der Waals surface area contributed by atoms with Crippen molar-refractivity contribution >= 4 is 17.5 Å². The van der Waals surface area contributed by atoms with Crippen LogP contribution in [-0.4, -0.2) is 32.6 Å². The third kappa shape index (κ3) is 4.44. The first kappa shape index (κ1) is 19.7. The van der Waals surface area contributed by atoms with Crippen molar-refractivity contribution in [1.82, 2.24) is 5.32 Å². The topological polar surface area (TPSA) is 67.9 Å². The molecule has 6 heteroatoms. The highest BCUT2D eigenvalue weighted by Gasteiger charge is 2.34. The van der Waals surface area contributed by atoms with E-state index in [9.17, 15) is 9.59 Å². The second-order valence-electron chi connectivity index (χ2n) is 6.86. The van der Waals surface area contributed by atoms with Crippen molar-refractivity contribution in [2.75, 3.05) is 25.7 Å². The van der Waals surface area contributed by atoms with Crippen LogP contribution in [0.25, 0.3) is 0 Å². The number of aryl methyl sites for hydroxylation is 1. The molecular weight excluding hydrogens is 356 g/mol. The van der Waals surface area contributed by atoms with Gasteiger partial charge in [0.15, 0.2) is 0 Å². The number of hydrogen-bond acceptors (Lipinski definition) is 4. The van der Waals surface area contributed by atoms with E-state index in [2.05, 4.69) is 12.2 Å². The summed E-state index contributed by atoms with van der Waals surface area (Å²) in [6, 6.07) is 13.4. The number of benzene rings is 2. The maximum atomic E-state index is 12.6. The molecule has 0 radical (unpaired) electrons. The van der Waals surface area contributed by atoms with E-state index in [1.54, 1.807) is 25.2 Å². The Morgan fingerprint density at radius 2 is 1.71 bits per heavy atom. The fourth-order valence-electron chi connectivity index (χ4n) is 3.35. The largest absolute Gasteiger partial charge is 0.497 e. The second kappa shape index (κ2) is 8.78. The van der Waals surface area contributed by atoms with Crippen molar-refractivity contribution in [2.45, 2.75) is 26.3 Å². The van der Waals surface area contributed by atoms with Crippen LogP contribution in [0.1, 0.15) is 24.5 Å². The van der Waals surface area contributed by atoms with E-state index in [-0.39, 0.29) is 24.2 Å². The molecule has 1 aliphatic rings. The second-order valence-corrected chi connectivity index (χ2v) is 6.86. The summed E-state index contributed by atoms with van der Waals surface area (Å²) < 4.78 is 10.5. The van der Waals surface area contributed by atoms with E-state index >= 15 is 0 Å². The number of methoxy groups -OCH3 is 2. The Balaban J connectivity index is 1.61. The molecule has 0 spiro atoms. The molecule has 2 amide bonds. The van der Waals surface area contributed by atoms with Gasteiger partial charge in [-0.2, -0.15) is 0 Å². The SMILES string of the molecule is CCc1ccc(N2CC(C(=O)NCc3cc(OC)cc(OC)c3)CC2=O)cc1. The molecule has 6 nitrogen and oxygen atoms in total. The lowest BCUT2D eigenvalue weighted by molar-refractivity contribution is -0.126. The molecule has 0 aromatic heterocycles. The number of carbonyl (C=O) groups excluding carboxylic acids is 2. The van der Waals surface area contributed by atoms with Gasteiger partial charge in [0.1, 0.15) is 11.5 Å². The summed E-state index contributed by atoms with van der Waals surface area (Å²) in [6.07, 6.45) is 1.18. The van der Waals surface area contributed by atoms with Gasteiger partial charge >= 0.3 is 0 Å². The Morgan fingerprint density at radius 3 is 2.29 bits per heavy atom. The molecule has 1 atom stereocenters. The minimum absolute atomic E-state index is 0.0209. The Labute approximate surface area is 165 Å². The maximum absolute atomic E-state index is 12.6. The molecule has 0 saturated carbocycles. The predicted octanol–water partition coefficient (Wildman–Crippen LogP) is 2.94. The molecule has 1 heterocycles. The average molecular weight is 382 g/mol. The Kier molecular flexibility index (Phi) is 6.19. The minimum atomic E-state index is -0.356. The van der Waals surface area contributed by atoms with Crippen LogP contribution in [0.5, 0.6) is 11.5 Å². The molecule has 3 rings (SSSR count). The smallest absolute Gasteiger partial charge is 0.227 e. The molecule has 148 valence electrons. The van der Waals surface area contributed by atoms with E-state index in [0.717, 1.165) is 17.7 Å². The number of amides is 2. The highest BCUT2D eigenvalue weighted by atomic mass is 16.5. The number of anilines is 1. The van der Waals surface area contributed by atoms with E-state index in [0.29, 0.717) is 24.6 Å². The first-order valence-electron chi connectivity index (χ1n) is 9.43. The third-order valence-electron chi connectivity index (χ3n) is 5.03. The van der Waals surface area contributed by atoms with E-state index < -0.39 is 0 Å². The molecule has 0 bridgehead atoms. The zero-order chi connectivity index (χ0) is 20.1. The molecule has 1 N–H and O–H groups in total. The van der Waals surface area contributed by atoms with Crippen LogP contribution in [0, 0.1) is 5.92 Å². The van der Waals surface area contributed by atoms with Crippen molar-refractivity contribution in [3.05, 3.63) is 53.6 Å². The fourth-order valence-corrected chi connectivity index (χ4v) is 3.35. The molecule has 1 aliphatic heterocycles. The van der Waals surface area contributed by atoms with Crippen LogP contribution in [0.15, 0.2) is 42.5 Å². The number of nitrogens with zero attached hydrogens (tertiary/aromatic N) is 1. The molecule has 28 heavy (non-hydrogen) atoms. The predicted molar refractivity (Wildman–Crippen MR) is 108 cm³/mol. The van der Waals surface area contributed by atoms with Crippen LogP contribution in [0.2, 0.25) is 0 Å². The van der Waals surface area contributed by atoms with Gasteiger partial charge in [-0.05, 0) is 41.8 Å². The minimum Gasteiger partial charge on any atom is -0.497 e. The van der Waals surface area contributed by atoms with Crippen LogP contribution < -0.4 is 19.7 Å². The molecule has 1 saturated heterocycles. The Hall–Kier alpha value is -3.02. The van der Waals surface area contributed by atoms with Gasteiger partial charge in [0.2, 0.25) is 11.8 Å². The molecule has 1 fully saturated rings. The van der Waals surface area contributed by atoms with Crippen molar-refractivity contribution in [3.8, 4) is 11.5 Å². The Bertz CT molecular complexity index is 826. The summed E-state index contributed by atoms with van der Waals surface area (Å²) in [5.74, 6) is 0.837. The molecular formula is C22H26N2O4. The van der Waals surface area contributed by atoms with E-state index in [1.807, 2.05) is 36.4 Å². The Morgan fingerprint density at radius 1 is 1.07 bits per heavy atom. The quantitative estimate of drug-likeness (QED) is 0.800. The molecule has 1 unspecified atom stereocenters. The summed E-state index contributed by atoms with van der Waals surface area (Å²) in [4.78, 5) is 26.7. The maximum Gasteiger partial charge on any atom is 0.227 e. The van der Waals surface area contributed by atoms with E-state index in [4.69, 9.17) is 9.47 Å². The first-order chi connectivity index (χ1) is 13.5. The van der Waals surface area contributed by atoms with Gasteiger partial charge in [-0.15, -0.1) is 0 Å². The molecule has 2 aromatic carbocycles. The van der Waals surface area contributed by atoms with Crippen molar-refractivity contribution < 1.29 is 19.1 Å². The van der Waals surface area contributed by atoms with Crippen molar-refractivity contribution in [2.24, 2.45) is 5.92 Å². The van der Waals surface area contributed by atoms with Gasteiger partial charge in [-0.3, -0.25) is 9.59 Å². The lowest BCUT2D eigenvalue weighted by Gasteiger charge is -2.17. The van der Waals surface area contributed by atoms with Gasteiger partial charge in [0, 0.05) is 31.3 Å². The average Bonchev–Trinajstić information content (AvgIpc) is 3.13.